The second kappa shape index (κ2) is 11.2. The Labute approximate surface area is 243 Å². The largest absolute Gasteiger partial charge is 0.478 e. The lowest BCUT2D eigenvalue weighted by Gasteiger charge is -2.16. The van der Waals surface area contributed by atoms with Gasteiger partial charge in [-0.2, -0.15) is 0 Å². The number of carboxylic acid groups (broad SMARTS) is 1. The van der Waals surface area contributed by atoms with Gasteiger partial charge < -0.3 is 15.0 Å². The second-order valence-corrected chi connectivity index (χ2v) is 10.8. The van der Waals surface area contributed by atoms with Crippen LogP contribution in [0.2, 0.25) is 10.0 Å². The highest BCUT2D eigenvalue weighted by Crippen LogP contribution is 2.30. The number of aryl methyl sites for hydroxylation is 1. The van der Waals surface area contributed by atoms with Crippen molar-refractivity contribution >= 4 is 46.0 Å². The zero-order valence-corrected chi connectivity index (χ0v) is 23.8. The van der Waals surface area contributed by atoms with Crippen LogP contribution in [0.4, 0.5) is 0 Å². The normalized spacial score (nSPS) is 11.9. The predicted octanol–water partition coefficient (Wildman–Crippen LogP) is 8.47. The third kappa shape index (κ3) is 5.35. The van der Waals surface area contributed by atoms with Crippen LogP contribution >= 0.6 is 23.2 Å². The average molecular weight is 572 g/mol. The number of carboxylic acids is 1. The maximum Gasteiger partial charge on any atom is 0.336 e. The first-order valence-electron chi connectivity index (χ1n) is 12.9. The van der Waals surface area contributed by atoms with E-state index in [-0.39, 0.29) is 17.5 Å². The van der Waals surface area contributed by atoms with Crippen molar-refractivity contribution in [2.75, 3.05) is 0 Å². The molecule has 0 radical (unpaired) electrons. The van der Waals surface area contributed by atoms with Crippen LogP contribution in [0.25, 0.3) is 22.0 Å². The maximum atomic E-state index is 13.1. The SMILES string of the molecule is Cc1c(C)n(Cc2ccc(-c3ccccc3C(=O)O)cc2)c2ccc(C(=O)N[C@H](C)c3ccc(Cl)cc3Cl)cc12. The molecule has 0 spiro atoms. The number of carbonyl (C=O) groups is 2. The van der Waals surface area contributed by atoms with Crippen molar-refractivity contribution in [1.29, 1.82) is 0 Å². The topological polar surface area (TPSA) is 71.3 Å². The van der Waals surface area contributed by atoms with Crippen LogP contribution in [-0.2, 0) is 6.54 Å². The van der Waals surface area contributed by atoms with Gasteiger partial charge in [-0.15, -0.1) is 0 Å². The van der Waals surface area contributed by atoms with Gasteiger partial charge in [0.15, 0.2) is 0 Å². The van der Waals surface area contributed by atoms with Crippen molar-refractivity contribution in [2.45, 2.75) is 33.4 Å². The van der Waals surface area contributed by atoms with Crippen LogP contribution in [0.3, 0.4) is 0 Å². The fourth-order valence-electron chi connectivity index (χ4n) is 5.10. The summed E-state index contributed by atoms with van der Waals surface area (Å²) >= 11 is 12.4. The van der Waals surface area contributed by atoms with E-state index in [2.05, 4.69) is 23.7 Å². The minimum absolute atomic E-state index is 0.178. The molecule has 0 unspecified atom stereocenters. The molecule has 1 heterocycles. The Balaban J connectivity index is 1.38. The van der Waals surface area contributed by atoms with Crippen LogP contribution in [0, 0.1) is 13.8 Å². The molecule has 1 amide bonds. The quantitative estimate of drug-likeness (QED) is 0.206. The van der Waals surface area contributed by atoms with E-state index in [1.165, 1.54) is 0 Å². The lowest BCUT2D eigenvalue weighted by atomic mass is 9.99. The molecule has 0 bridgehead atoms. The van der Waals surface area contributed by atoms with Gasteiger partial charge in [0.25, 0.3) is 5.91 Å². The highest BCUT2D eigenvalue weighted by molar-refractivity contribution is 6.35. The second-order valence-electron chi connectivity index (χ2n) is 9.94. The summed E-state index contributed by atoms with van der Waals surface area (Å²) in [6, 6.07) is 25.7. The van der Waals surface area contributed by atoms with Gasteiger partial charge in [-0.05, 0) is 85.0 Å². The third-order valence-corrected chi connectivity index (χ3v) is 8.00. The first-order valence-corrected chi connectivity index (χ1v) is 13.7. The van der Waals surface area contributed by atoms with Crippen molar-refractivity contribution in [1.82, 2.24) is 9.88 Å². The summed E-state index contributed by atoms with van der Waals surface area (Å²) in [5.41, 5.74) is 7.58. The number of nitrogens with one attached hydrogen (secondary N) is 1. The average Bonchev–Trinajstić information content (AvgIpc) is 3.17. The number of halogens is 2. The van der Waals surface area contributed by atoms with E-state index in [1.54, 1.807) is 24.3 Å². The monoisotopic (exact) mass is 570 g/mol. The fourth-order valence-corrected chi connectivity index (χ4v) is 5.67. The summed E-state index contributed by atoms with van der Waals surface area (Å²) in [4.78, 5) is 24.8. The van der Waals surface area contributed by atoms with E-state index in [1.807, 2.05) is 67.6 Å². The summed E-state index contributed by atoms with van der Waals surface area (Å²) in [5.74, 6) is -1.12. The molecule has 5 nitrogen and oxygen atoms in total. The van der Waals surface area contributed by atoms with Gasteiger partial charge >= 0.3 is 5.97 Å². The number of hydrogen-bond acceptors (Lipinski definition) is 2. The van der Waals surface area contributed by atoms with E-state index < -0.39 is 5.97 Å². The first kappa shape index (κ1) is 27.5. The van der Waals surface area contributed by atoms with Gasteiger partial charge in [0.2, 0.25) is 0 Å². The summed E-state index contributed by atoms with van der Waals surface area (Å²) in [6.07, 6.45) is 0. The number of aromatic nitrogens is 1. The van der Waals surface area contributed by atoms with Crippen molar-refractivity contribution in [3.63, 3.8) is 0 Å². The molecule has 0 saturated carbocycles. The van der Waals surface area contributed by atoms with Crippen LogP contribution in [0.15, 0.2) is 84.9 Å². The molecule has 5 aromatic rings. The van der Waals surface area contributed by atoms with Gasteiger partial charge in [0.1, 0.15) is 0 Å². The molecule has 202 valence electrons. The highest BCUT2D eigenvalue weighted by Gasteiger charge is 2.18. The highest BCUT2D eigenvalue weighted by atomic mass is 35.5. The third-order valence-electron chi connectivity index (χ3n) is 7.44. The minimum atomic E-state index is -0.944. The molecule has 1 atom stereocenters. The Morgan fingerprint density at radius 1 is 0.925 bits per heavy atom. The van der Waals surface area contributed by atoms with Gasteiger partial charge in [-0.3, -0.25) is 4.79 Å². The molecule has 7 heteroatoms. The van der Waals surface area contributed by atoms with E-state index in [0.717, 1.165) is 38.9 Å². The zero-order chi connectivity index (χ0) is 28.6. The smallest absolute Gasteiger partial charge is 0.336 e. The van der Waals surface area contributed by atoms with Crippen LogP contribution in [-0.4, -0.2) is 21.6 Å². The molecule has 0 saturated heterocycles. The molecule has 2 N–H and O–H groups in total. The standard InChI is InChI=1S/C33H28Cl2N2O3/c1-19-21(3)37(18-22-8-10-23(11-9-22)27-6-4-5-7-28(27)33(39)40)31-15-12-24(16-29(19)31)32(38)36-20(2)26-14-13-25(34)17-30(26)35/h4-17,20H,18H2,1-3H3,(H,36,38)(H,39,40)/t20-/m1/s1. The number of fused-ring (bicyclic) bond motifs is 1. The van der Waals surface area contributed by atoms with E-state index in [9.17, 15) is 14.7 Å². The summed E-state index contributed by atoms with van der Waals surface area (Å²) in [7, 11) is 0. The maximum absolute atomic E-state index is 13.1. The van der Waals surface area contributed by atoms with E-state index in [4.69, 9.17) is 23.2 Å². The Morgan fingerprint density at radius 2 is 1.65 bits per heavy atom. The van der Waals surface area contributed by atoms with Crippen molar-refractivity contribution in [2.24, 2.45) is 0 Å². The van der Waals surface area contributed by atoms with Crippen LogP contribution in [0.1, 0.15) is 56.1 Å². The van der Waals surface area contributed by atoms with Crippen molar-refractivity contribution in [3.05, 3.63) is 128 Å². The van der Waals surface area contributed by atoms with Gasteiger partial charge in [0, 0.05) is 38.8 Å². The molecule has 1 aromatic heterocycles. The van der Waals surface area contributed by atoms with Crippen molar-refractivity contribution < 1.29 is 14.7 Å². The molecule has 40 heavy (non-hydrogen) atoms. The Morgan fingerprint density at radius 3 is 2.35 bits per heavy atom. The molecule has 5 rings (SSSR count). The number of carbonyl (C=O) groups excluding carboxylic acids is 1. The number of nitrogens with zero attached hydrogens (tertiary/aromatic N) is 1. The number of hydrogen-bond donors (Lipinski definition) is 2. The molecular weight excluding hydrogens is 543 g/mol. The number of aromatic carboxylic acids is 1. The fraction of sp³-hybridized carbons (Fsp3) is 0.152. The van der Waals surface area contributed by atoms with E-state index in [0.29, 0.717) is 27.7 Å². The lowest BCUT2D eigenvalue weighted by molar-refractivity contribution is 0.0697. The summed E-state index contributed by atoms with van der Waals surface area (Å²) < 4.78 is 2.24. The molecule has 0 aliphatic carbocycles. The van der Waals surface area contributed by atoms with E-state index >= 15 is 0 Å². The zero-order valence-electron chi connectivity index (χ0n) is 22.3. The molecular formula is C33H28Cl2N2O3. The van der Waals surface area contributed by atoms with Crippen LogP contribution < -0.4 is 5.32 Å². The van der Waals surface area contributed by atoms with Gasteiger partial charge in [-0.1, -0.05) is 71.7 Å². The Hall–Kier alpha value is -4.06. The number of rotatable bonds is 7. The van der Waals surface area contributed by atoms with Gasteiger partial charge in [-0.25, -0.2) is 4.79 Å². The predicted molar refractivity (Wildman–Crippen MR) is 162 cm³/mol. The molecule has 0 aliphatic heterocycles. The van der Waals surface area contributed by atoms with Crippen LogP contribution in [0.5, 0.6) is 0 Å². The molecule has 0 fully saturated rings. The minimum Gasteiger partial charge on any atom is -0.478 e. The first-order chi connectivity index (χ1) is 19.1. The molecule has 4 aromatic carbocycles. The summed E-state index contributed by atoms with van der Waals surface area (Å²) in [6.45, 7) is 6.69. The Kier molecular flexibility index (Phi) is 7.70. The lowest BCUT2D eigenvalue weighted by Crippen LogP contribution is -2.26. The summed E-state index contributed by atoms with van der Waals surface area (Å²) in [5, 5.41) is 14.7. The van der Waals surface area contributed by atoms with Crippen molar-refractivity contribution in [3.8, 4) is 11.1 Å². The number of benzene rings is 4. The Bertz CT molecular complexity index is 1760. The van der Waals surface area contributed by atoms with Gasteiger partial charge in [0.05, 0.1) is 11.6 Å². The number of amides is 1. The molecule has 0 aliphatic rings.